The Morgan fingerprint density at radius 3 is 2.77 bits per heavy atom. The van der Waals surface area contributed by atoms with E-state index in [9.17, 15) is 18.0 Å². The van der Waals surface area contributed by atoms with Crippen LogP contribution < -0.4 is 5.32 Å². The number of hydrogen-bond acceptors (Lipinski definition) is 3. The van der Waals surface area contributed by atoms with Crippen LogP contribution in [0.5, 0.6) is 0 Å². The van der Waals surface area contributed by atoms with Crippen LogP contribution in [-0.4, -0.2) is 32.7 Å². The Morgan fingerprint density at radius 1 is 1.50 bits per heavy atom. The van der Waals surface area contributed by atoms with Gasteiger partial charge in [-0.25, -0.2) is 9.50 Å². The lowest BCUT2D eigenvalue weighted by Crippen LogP contribution is -2.46. The highest BCUT2D eigenvalue weighted by Gasteiger charge is 2.49. The molecule has 0 radical (unpaired) electrons. The summed E-state index contributed by atoms with van der Waals surface area (Å²) in [6.45, 7) is 1.71. The van der Waals surface area contributed by atoms with Gasteiger partial charge in [-0.05, 0) is 31.7 Å². The zero-order chi connectivity index (χ0) is 16.1. The van der Waals surface area contributed by atoms with Gasteiger partial charge >= 0.3 is 6.18 Å². The van der Waals surface area contributed by atoms with Gasteiger partial charge in [-0.3, -0.25) is 4.79 Å². The molecule has 0 aromatic carbocycles. The third-order valence-electron chi connectivity index (χ3n) is 3.60. The second kappa shape index (κ2) is 5.12. The maximum Gasteiger partial charge on any atom is 0.408 e. The van der Waals surface area contributed by atoms with E-state index in [2.05, 4.69) is 15.4 Å². The first-order valence-electron chi connectivity index (χ1n) is 6.66. The Morgan fingerprint density at radius 2 is 2.18 bits per heavy atom. The minimum Gasteiger partial charge on any atom is -0.340 e. The van der Waals surface area contributed by atoms with Crippen molar-refractivity contribution in [3.05, 3.63) is 28.7 Å². The second-order valence-electron chi connectivity index (χ2n) is 5.34. The molecule has 2 heterocycles. The molecule has 22 heavy (non-hydrogen) atoms. The van der Waals surface area contributed by atoms with Crippen LogP contribution in [0.4, 0.5) is 13.2 Å². The number of hydrogen-bond donors (Lipinski definition) is 1. The molecule has 2 aromatic heterocycles. The Kier molecular flexibility index (Phi) is 3.51. The van der Waals surface area contributed by atoms with Gasteiger partial charge < -0.3 is 5.32 Å². The van der Waals surface area contributed by atoms with Crippen molar-refractivity contribution >= 4 is 23.2 Å². The highest BCUT2D eigenvalue weighted by atomic mass is 35.5. The summed E-state index contributed by atoms with van der Waals surface area (Å²) in [4.78, 5) is 16.2. The lowest BCUT2D eigenvalue weighted by molar-refractivity contribution is -0.158. The molecule has 9 heteroatoms. The van der Waals surface area contributed by atoms with Gasteiger partial charge in [0.1, 0.15) is 16.8 Å². The fourth-order valence-electron chi connectivity index (χ4n) is 2.35. The average Bonchev–Trinajstić information content (AvgIpc) is 3.13. The number of fused-ring (bicyclic) bond motifs is 1. The van der Waals surface area contributed by atoms with Gasteiger partial charge in [-0.2, -0.15) is 18.3 Å². The number of carbonyl (C=O) groups excluding carboxylic acids is 1. The molecule has 0 aliphatic heterocycles. The van der Waals surface area contributed by atoms with Crippen LogP contribution in [0.25, 0.3) is 5.65 Å². The molecule has 1 atom stereocenters. The van der Waals surface area contributed by atoms with Crippen LogP contribution in [0.1, 0.15) is 28.9 Å². The zero-order valence-electron chi connectivity index (χ0n) is 11.5. The first kappa shape index (κ1) is 15.1. The Hall–Kier alpha value is -1.83. The second-order valence-corrected chi connectivity index (χ2v) is 5.73. The fourth-order valence-corrected chi connectivity index (χ4v) is 2.59. The van der Waals surface area contributed by atoms with E-state index in [0.717, 1.165) is 0 Å². The molecule has 118 valence electrons. The van der Waals surface area contributed by atoms with E-state index in [1.54, 1.807) is 13.0 Å². The molecule has 0 unspecified atom stereocenters. The number of rotatable bonds is 3. The molecule has 1 N–H and O–H groups in total. The zero-order valence-corrected chi connectivity index (χ0v) is 12.2. The molecule has 1 amide bonds. The summed E-state index contributed by atoms with van der Waals surface area (Å²) >= 11 is 5.83. The predicted octanol–water partition coefficient (Wildman–Crippen LogP) is 2.76. The van der Waals surface area contributed by atoms with Crippen molar-refractivity contribution in [2.45, 2.75) is 32.0 Å². The van der Waals surface area contributed by atoms with Gasteiger partial charge in [0.05, 0.1) is 6.20 Å². The molecular weight excluding hydrogens is 321 g/mol. The number of amides is 1. The van der Waals surface area contributed by atoms with Crippen molar-refractivity contribution in [3.8, 4) is 0 Å². The SMILES string of the molecule is Cc1cc(Cl)nc2c(C(=O)N[C@H](C3CC3)C(F)(F)F)cnn12. The molecule has 5 nitrogen and oxygen atoms in total. The minimum atomic E-state index is -4.47. The lowest BCUT2D eigenvalue weighted by atomic mass is 10.1. The van der Waals surface area contributed by atoms with Crippen LogP contribution in [-0.2, 0) is 0 Å². The van der Waals surface area contributed by atoms with Crippen molar-refractivity contribution in [3.63, 3.8) is 0 Å². The van der Waals surface area contributed by atoms with Crippen molar-refractivity contribution in [1.29, 1.82) is 0 Å². The first-order valence-corrected chi connectivity index (χ1v) is 7.03. The highest BCUT2D eigenvalue weighted by molar-refractivity contribution is 6.29. The molecule has 1 saturated carbocycles. The van der Waals surface area contributed by atoms with Gasteiger partial charge in [0.15, 0.2) is 5.65 Å². The number of alkyl halides is 3. The van der Waals surface area contributed by atoms with Crippen molar-refractivity contribution in [2.75, 3.05) is 0 Å². The summed E-state index contributed by atoms with van der Waals surface area (Å²) in [5, 5.41) is 6.16. The number of aryl methyl sites for hydroxylation is 1. The van der Waals surface area contributed by atoms with E-state index >= 15 is 0 Å². The standard InChI is InChI=1S/C13H12ClF3N4O/c1-6-4-9(14)19-11-8(5-18-21(6)11)12(22)20-10(7-2-3-7)13(15,16)17/h4-5,7,10H,2-3H2,1H3,(H,20,22)/t10-/m1/s1. The summed E-state index contributed by atoms with van der Waals surface area (Å²) in [5.74, 6) is -1.40. The van der Waals surface area contributed by atoms with E-state index in [-0.39, 0.29) is 16.4 Å². The topological polar surface area (TPSA) is 59.3 Å². The quantitative estimate of drug-likeness (QED) is 0.879. The molecule has 1 fully saturated rings. The third kappa shape index (κ3) is 2.75. The summed E-state index contributed by atoms with van der Waals surface area (Å²) < 4.78 is 40.3. The van der Waals surface area contributed by atoms with Gasteiger partial charge in [-0.1, -0.05) is 11.6 Å². The maximum atomic E-state index is 13.0. The van der Waals surface area contributed by atoms with Gasteiger partial charge in [0, 0.05) is 5.69 Å². The normalized spacial score (nSPS) is 16.8. The summed E-state index contributed by atoms with van der Waals surface area (Å²) in [5.41, 5.74) is 0.739. The number of nitrogens with zero attached hydrogens (tertiary/aromatic N) is 3. The summed E-state index contributed by atoms with van der Waals surface area (Å²) in [6.07, 6.45) is -2.35. The smallest absolute Gasteiger partial charge is 0.340 e. The Bertz CT molecular complexity index is 739. The van der Waals surface area contributed by atoms with E-state index < -0.39 is 24.0 Å². The molecule has 3 rings (SSSR count). The average molecular weight is 333 g/mol. The molecule has 0 bridgehead atoms. The Labute approximate surface area is 128 Å². The summed E-state index contributed by atoms with van der Waals surface area (Å²) in [7, 11) is 0. The van der Waals surface area contributed by atoms with E-state index in [0.29, 0.717) is 18.5 Å². The van der Waals surface area contributed by atoms with E-state index in [1.165, 1.54) is 10.7 Å². The first-order chi connectivity index (χ1) is 10.3. The van der Waals surface area contributed by atoms with Crippen LogP contribution in [0.15, 0.2) is 12.3 Å². The van der Waals surface area contributed by atoms with Gasteiger partial charge in [0.25, 0.3) is 5.91 Å². The maximum absolute atomic E-state index is 13.0. The fraction of sp³-hybridized carbons (Fsp3) is 0.462. The van der Waals surface area contributed by atoms with Crippen molar-refractivity contribution in [2.24, 2.45) is 5.92 Å². The summed E-state index contributed by atoms with van der Waals surface area (Å²) in [6, 6.07) is -0.290. The van der Waals surface area contributed by atoms with E-state index in [4.69, 9.17) is 11.6 Å². The molecule has 1 aliphatic rings. The molecule has 2 aromatic rings. The van der Waals surface area contributed by atoms with Crippen molar-refractivity contribution in [1.82, 2.24) is 19.9 Å². The largest absolute Gasteiger partial charge is 0.408 e. The lowest BCUT2D eigenvalue weighted by Gasteiger charge is -2.20. The van der Waals surface area contributed by atoms with Crippen LogP contribution >= 0.6 is 11.6 Å². The number of carbonyl (C=O) groups is 1. The number of halogens is 4. The van der Waals surface area contributed by atoms with Crippen LogP contribution in [0.2, 0.25) is 5.15 Å². The van der Waals surface area contributed by atoms with Crippen LogP contribution in [0.3, 0.4) is 0 Å². The van der Waals surface area contributed by atoms with Crippen molar-refractivity contribution < 1.29 is 18.0 Å². The minimum absolute atomic E-state index is 0.0273. The van der Waals surface area contributed by atoms with E-state index in [1.807, 2.05) is 0 Å². The number of aromatic nitrogens is 3. The predicted molar refractivity (Wildman–Crippen MR) is 72.8 cm³/mol. The van der Waals surface area contributed by atoms with Crippen LogP contribution in [0, 0.1) is 12.8 Å². The third-order valence-corrected chi connectivity index (χ3v) is 3.79. The molecule has 0 spiro atoms. The monoisotopic (exact) mass is 332 g/mol. The molecule has 0 saturated heterocycles. The molecular formula is C13H12ClF3N4O. The highest BCUT2D eigenvalue weighted by Crippen LogP contribution is 2.40. The van der Waals surface area contributed by atoms with Gasteiger partial charge in [0.2, 0.25) is 0 Å². The Balaban J connectivity index is 1.92. The molecule has 1 aliphatic carbocycles. The van der Waals surface area contributed by atoms with Gasteiger partial charge in [-0.15, -0.1) is 0 Å². The number of nitrogens with one attached hydrogen (secondary N) is 1.